The summed E-state index contributed by atoms with van der Waals surface area (Å²) in [4.78, 5) is 12.0. The normalized spacial score (nSPS) is 22.4. The summed E-state index contributed by atoms with van der Waals surface area (Å²) in [5.74, 6) is 0.634. The summed E-state index contributed by atoms with van der Waals surface area (Å²) in [7, 11) is 0. The highest BCUT2D eigenvalue weighted by Crippen LogP contribution is 2.31. The Morgan fingerprint density at radius 3 is 2.62 bits per heavy atom. The van der Waals surface area contributed by atoms with E-state index in [9.17, 15) is 9.90 Å². The Morgan fingerprint density at radius 2 is 2.00 bits per heavy atom. The molecule has 0 heterocycles. The van der Waals surface area contributed by atoms with Crippen LogP contribution >= 0.6 is 0 Å². The van der Waals surface area contributed by atoms with Gasteiger partial charge in [0, 0.05) is 12.5 Å². The van der Waals surface area contributed by atoms with Crippen LogP contribution in [0.15, 0.2) is 30.3 Å². The summed E-state index contributed by atoms with van der Waals surface area (Å²) in [5, 5.41) is 12.5. The van der Waals surface area contributed by atoms with Gasteiger partial charge in [0.25, 0.3) is 0 Å². The molecule has 1 saturated carbocycles. The molecule has 21 heavy (non-hydrogen) atoms. The molecule has 1 fully saturated rings. The van der Waals surface area contributed by atoms with Crippen molar-refractivity contribution in [1.29, 1.82) is 0 Å². The third kappa shape index (κ3) is 5.16. The summed E-state index contributed by atoms with van der Waals surface area (Å²) in [6, 6.07) is 10.7. The fraction of sp³-hybridized carbons (Fsp3) is 0.611. The molecule has 0 aliphatic heterocycles. The first-order valence-corrected chi connectivity index (χ1v) is 8.20. The minimum absolute atomic E-state index is 0.146. The predicted molar refractivity (Wildman–Crippen MR) is 84.9 cm³/mol. The maximum absolute atomic E-state index is 12.0. The number of aryl methyl sites for hydroxylation is 1. The van der Waals surface area contributed by atoms with E-state index < -0.39 is 0 Å². The zero-order chi connectivity index (χ0) is 15.1. The first-order valence-electron chi connectivity index (χ1n) is 8.20. The molecule has 0 unspecified atom stereocenters. The lowest BCUT2D eigenvalue weighted by atomic mass is 9.76. The van der Waals surface area contributed by atoms with E-state index in [1.807, 2.05) is 6.07 Å². The summed E-state index contributed by atoms with van der Waals surface area (Å²) in [6.07, 6.45) is 6.12. The number of hydrogen-bond donors (Lipinski definition) is 2. The van der Waals surface area contributed by atoms with Crippen molar-refractivity contribution in [1.82, 2.24) is 5.32 Å². The molecule has 0 saturated heterocycles. The van der Waals surface area contributed by atoms with Crippen LogP contribution in [0.4, 0.5) is 0 Å². The van der Waals surface area contributed by atoms with E-state index in [0.29, 0.717) is 12.3 Å². The van der Waals surface area contributed by atoms with Gasteiger partial charge >= 0.3 is 0 Å². The van der Waals surface area contributed by atoms with Crippen molar-refractivity contribution >= 4 is 5.91 Å². The predicted octanol–water partition coefficient (Wildman–Crippen LogP) is 3.07. The van der Waals surface area contributed by atoms with Crippen molar-refractivity contribution in [2.24, 2.45) is 5.92 Å². The molecule has 0 spiro atoms. The second-order valence-electron chi connectivity index (χ2n) is 6.16. The summed E-state index contributed by atoms with van der Waals surface area (Å²) in [5.41, 5.74) is 1.34. The van der Waals surface area contributed by atoms with Gasteiger partial charge in [-0.3, -0.25) is 4.79 Å². The number of unbranched alkanes of at least 4 members (excludes halogenated alkanes) is 1. The van der Waals surface area contributed by atoms with E-state index in [1.54, 1.807) is 0 Å². The Bertz CT molecular complexity index is 426. The minimum Gasteiger partial charge on any atom is -0.393 e. The lowest BCUT2D eigenvalue weighted by molar-refractivity contribution is -0.123. The Balaban J connectivity index is 1.60. The van der Waals surface area contributed by atoms with E-state index in [1.165, 1.54) is 5.56 Å². The fourth-order valence-electron chi connectivity index (χ4n) is 3.05. The SMILES string of the molecule is CC[C@H](NC(=O)CCCCc1ccccc1)C1CC(O)C1. The second-order valence-corrected chi connectivity index (χ2v) is 6.16. The van der Waals surface area contributed by atoms with Crippen LogP contribution < -0.4 is 5.32 Å². The van der Waals surface area contributed by atoms with Crippen molar-refractivity contribution in [2.45, 2.75) is 64.0 Å². The molecule has 3 heteroatoms. The number of hydrogen-bond acceptors (Lipinski definition) is 2. The van der Waals surface area contributed by atoms with Crippen LogP contribution in [0.25, 0.3) is 0 Å². The van der Waals surface area contributed by atoms with E-state index >= 15 is 0 Å². The number of benzene rings is 1. The molecule has 0 radical (unpaired) electrons. The van der Waals surface area contributed by atoms with Gasteiger partial charge in [0.15, 0.2) is 0 Å². The minimum atomic E-state index is -0.146. The molecule has 116 valence electrons. The van der Waals surface area contributed by atoms with E-state index in [0.717, 1.165) is 38.5 Å². The van der Waals surface area contributed by atoms with E-state index in [4.69, 9.17) is 0 Å². The molecular weight excluding hydrogens is 262 g/mol. The highest BCUT2D eigenvalue weighted by molar-refractivity contribution is 5.76. The maximum Gasteiger partial charge on any atom is 0.220 e. The molecule has 2 rings (SSSR count). The van der Waals surface area contributed by atoms with Gasteiger partial charge in [-0.25, -0.2) is 0 Å². The van der Waals surface area contributed by atoms with E-state index in [-0.39, 0.29) is 18.1 Å². The number of aliphatic hydroxyl groups excluding tert-OH is 1. The first-order chi connectivity index (χ1) is 10.2. The standard InChI is InChI=1S/C18H27NO2/c1-2-17(15-12-16(20)13-15)19-18(21)11-7-6-10-14-8-4-3-5-9-14/h3-5,8-9,15-17,20H,2,6-7,10-13H2,1H3,(H,19,21)/t15?,16?,17-/m0/s1. The van der Waals surface area contributed by atoms with Crippen molar-refractivity contribution < 1.29 is 9.90 Å². The Kier molecular flexibility index (Phi) is 6.24. The van der Waals surface area contributed by atoms with Gasteiger partial charge in [0.2, 0.25) is 5.91 Å². The third-order valence-corrected chi connectivity index (χ3v) is 4.47. The number of aliphatic hydroxyl groups is 1. The quantitative estimate of drug-likeness (QED) is 0.723. The van der Waals surface area contributed by atoms with Gasteiger partial charge in [-0.05, 0) is 50.0 Å². The van der Waals surface area contributed by atoms with Crippen molar-refractivity contribution in [3.05, 3.63) is 35.9 Å². The van der Waals surface area contributed by atoms with Gasteiger partial charge in [0.05, 0.1) is 6.10 Å². The highest BCUT2D eigenvalue weighted by Gasteiger charge is 2.33. The Hall–Kier alpha value is -1.35. The molecule has 3 nitrogen and oxygen atoms in total. The van der Waals surface area contributed by atoms with Crippen LogP contribution in [-0.2, 0) is 11.2 Å². The van der Waals surface area contributed by atoms with Gasteiger partial charge in [-0.15, -0.1) is 0 Å². The first kappa shape index (κ1) is 16.0. The molecule has 0 bridgehead atoms. The average molecular weight is 289 g/mol. The van der Waals surface area contributed by atoms with Crippen LogP contribution in [0.5, 0.6) is 0 Å². The second kappa shape index (κ2) is 8.18. The summed E-state index contributed by atoms with van der Waals surface area (Å²) >= 11 is 0. The van der Waals surface area contributed by atoms with Gasteiger partial charge in [0.1, 0.15) is 0 Å². The smallest absolute Gasteiger partial charge is 0.220 e. The van der Waals surface area contributed by atoms with Crippen molar-refractivity contribution in [3.8, 4) is 0 Å². The molecular formula is C18H27NO2. The van der Waals surface area contributed by atoms with E-state index in [2.05, 4.69) is 36.5 Å². The Labute approximate surface area is 127 Å². The Morgan fingerprint density at radius 1 is 1.29 bits per heavy atom. The van der Waals surface area contributed by atoms with Crippen LogP contribution in [0.1, 0.15) is 51.0 Å². The molecule has 1 atom stereocenters. The number of nitrogens with one attached hydrogen (secondary N) is 1. The van der Waals surface area contributed by atoms with Gasteiger partial charge in [-0.1, -0.05) is 37.3 Å². The fourth-order valence-corrected chi connectivity index (χ4v) is 3.05. The topological polar surface area (TPSA) is 49.3 Å². The lowest BCUT2D eigenvalue weighted by Gasteiger charge is -2.37. The third-order valence-electron chi connectivity index (χ3n) is 4.47. The molecule has 1 aromatic carbocycles. The number of carbonyl (C=O) groups excluding carboxylic acids is 1. The lowest BCUT2D eigenvalue weighted by Crippen LogP contribution is -2.46. The summed E-state index contributed by atoms with van der Waals surface area (Å²) in [6.45, 7) is 2.10. The van der Waals surface area contributed by atoms with Crippen molar-refractivity contribution in [2.75, 3.05) is 0 Å². The maximum atomic E-state index is 12.0. The van der Waals surface area contributed by atoms with Gasteiger partial charge < -0.3 is 10.4 Å². The van der Waals surface area contributed by atoms with Crippen molar-refractivity contribution in [3.63, 3.8) is 0 Å². The van der Waals surface area contributed by atoms with Crippen LogP contribution in [0, 0.1) is 5.92 Å². The number of carbonyl (C=O) groups is 1. The summed E-state index contributed by atoms with van der Waals surface area (Å²) < 4.78 is 0. The highest BCUT2D eigenvalue weighted by atomic mass is 16.3. The van der Waals surface area contributed by atoms with Crippen LogP contribution in [-0.4, -0.2) is 23.2 Å². The molecule has 0 aromatic heterocycles. The van der Waals surface area contributed by atoms with Gasteiger partial charge in [-0.2, -0.15) is 0 Å². The number of amides is 1. The zero-order valence-electron chi connectivity index (χ0n) is 12.9. The number of rotatable bonds is 8. The molecule has 1 aliphatic rings. The monoisotopic (exact) mass is 289 g/mol. The molecule has 1 aromatic rings. The zero-order valence-corrected chi connectivity index (χ0v) is 12.9. The largest absolute Gasteiger partial charge is 0.393 e. The molecule has 2 N–H and O–H groups in total. The average Bonchev–Trinajstić information content (AvgIpc) is 2.47. The molecule has 1 amide bonds. The molecule has 1 aliphatic carbocycles. The van der Waals surface area contributed by atoms with Crippen LogP contribution in [0.3, 0.4) is 0 Å². The van der Waals surface area contributed by atoms with Crippen LogP contribution in [0.2, 0.25) is 0 Å².